The van der Waals surface area contributed by atoms with E-state index in [0.717, 1.165) is 0 Å². The first-order valence-electron chi connectivity index (χ1n) is 4.83. The molecular weight excluding hydrogens is 246 g/mol. The van der Waals surface area contributed by atoms with Gasteiger partial charge in [0, 0.05) is 0 Å². The van der Waals surface area contributed by atoms with Gasteiger partial charge in [-0.05, 0) is 25.1 Å². The van der Waals surface area contributed by atoms with E-state index in [1.807, 2.05) is 4.89 Å². The maximum absolute atomic E-state index is 11.6. The number of carbonyl (C=O) groups excluding carboxylic acids is 1. The third kappa shape index (κ3) is 3.52. The standard InChI is InChI=1S/C10H13NO5S/c1-3-16-10(12)8-5-4-6-9(7-8)17(13,14)11-15-2/h4-7,11H,3H2,1-2H3. The highest BCUT2D eigenvalue weighted by Crippen LogP contribution is 2.12. The van der Waals surface area contributed by atoms with Crippen molar-refractivity contribution in [2.24, 2.45) is 0 Å². The molecule has 0 aliphatic rings. The predicted molar refractivity (Wildman–Crippen MR) is 59.7 cm³/mol. The highest BCUT2D eigenvalue weighted by atomic mass is 32.2. The second-order valence-electron chi connectivity index (χ2n) is 3.04. The van der Waals surface area contributed by atoms with Crippen LogP contribution >= 0.6 is 0 Å². The van der Waals surface area contributed by atoms with Crippen molar-refractivity contribution in [3.63, 3.8) is 0 Å². The van der Waals surface area contributed by atoms with E-state index in [0.29, 0.717) is 0 Å². The average Bonchev–Trinajstić information content (AvgIpc) is 2.29. The summed E-state index contributed by atoms with van der Waals surface area (Å²) in [5.74, 6) is -0.568. The van der Waals surface area contributed by atoms with Crippen molar-refractivity contribution in [1.29, 1.82) is 0 Å². The Morgan fingerprint density at radius 1 is 1.41 bits per heavy atom. The van der Waals surface area contributed by atoms with Crippen LogP contribution in [-0.2, 0) is 19.6 Å². The number of hydrogen-bond acceptors (Lipinski definition) is 5. The lowest BCUT2D eigenvalue weighted by Gasteiger charge is -2.06. The van der Waals surface area contributed by atoms with Gasteiger partial charge in [-0.25, -0.2) is 13.2 Å². The molecule has 94 valence electrons. The lowest BCUT2D eigenvalue weighted by molar-refractivity contribution is 0.0526. The smallest absolute Gasteiger partial charge is 0.338 e. The van der Waals surface area contributed by atoms with Gasteiger partial charge < -0.3 is 4.74 Å². The molecule has 0 amide bonds. The number of nitrogens with one attached hydrogen (secondary N) is 1. The Hall–Kier alpha value is -1.44. The van der Waals surface area contributed by atoms with Crippen molar-refractivity contribution in [3.05, 3.63) is 29.8 Å². The van der Waals surface area contributed by atoms with Crippen LogP contribution in [0.4, 0.5) is 0 Å². The molecule has 0 aliphatic carbocycles. The number of ether oxygens (including phenoxy) is 1. The molecule has 0 radical (unpaired) electrons. The number of hydrogen-bond donors (Lipinski definition) is 1. The Morgan fingerprint density at radius 3 is 2.71 bits per heavy atom. The van der Waals surface area contributed by atoms with Crippen LogP contribution in [0.25, 0.3) is 0 Å². The number of rotatable bonds is 5. The fourth-order valence-corrected chi connectivity index (χ4v) is 2.02. The first kappa shape index (κ1) is 13.6. The highest BCUT2D eigenvalue weighted by molar-refractivity contribution is 7.89. The van der Waals surface area contributed by atoms with Crippen molar-refractivity contribution in [1.82, 2.24) is 4.89 Å². The lowest BCUT2D eigenvalue weighted by atomic mass is 10.2. The van der Waals surface area contributed by atoms with E-state index in [2.05, 4.69) is 4.84 Å². The van der Waals surface area contributed by atoms with Crippen molar-refractivity contribution in [2.75, 3.05) is 13.7 Å². The van der Waals surface area contributed by atoms with Crippen molar-refractivity contribution < 1.29 is 22.8 Å². The molecule has 1 rings (SSSR count). The summed E-state index contributed by atoms with van der Waals surface area (Å²) in [5, 5.41) is 0. The van der Waals surface area contributed by atoms with Crippen LogP contribution in [0, 0.1) is 0 Å². The first-order chi connectivity index (χ1) is 8.01. The Morgan fingerprint density at radius 2 is 2.12 bits per heavy atom. The van der Waals surface area contributed by atoms with Gasteiger partial charge in [0.15, 0.2) is 0 Å². The molecule has 0 saturated carbocycles. The topological polar surface area (TPSA) is 81.7 Å². The lowest BCUT2D eigenvalue weighted by Crippen LogP contribution is -2.22. The summed E-state index contributed by atoms with van der Waals surface area (Å²) in [6.45, 7) is 1.90. The minimum atomic E-state index is -3.76. The summed E-state index contributed by atoms with van der Waals surface area (Å²) in [7, 11) is -2.57. The number of carbonyl (C=O) groups is 1. The SMILES string of the molecule is CCOC(=O)c1cccc(S(=O)(=O)NOC)c1. The van der Waals surface area contributed by atoms with Gasteiger partial charge in [0.2, 0.25) is 0 Å². The summed E-state index contributed by atoms with van der Waals surface area (Å²) in [5.41, 5.74) is 0.172. The van der Waals surface area contributed by atoms with Crippen LogP contribution in [0.15, 0.2) is 29.2 Å². The minimum Gasteiger partial charge on any atom is -0.462 e. The number of sulfonamides is 1. The average molecular weight is 259 g/mol. The van der Waals surface area contributed by atoms with Crippen LogP contribution in [0.2, 0.25) is 0 Å². The molecule has 7 heteroatoms. The van der Waals surface area contributed by atoms with Gasteiger partial charge in [-0.1, -0.05) is 11.0 Å². The minimum absolute atomic E-state index is 0.0649. The van der Waals surface area contributed by atoms with Gasteiger partial charge in [0.05, 0.1) is 24.2 Å². The maximum Gasteiger partial charge on any atom is 0.338 e. The van der Waals surface area contributed by atoms with E-state index < -0.39 is 16.0 Å². The molecule has 0 unspecified atom stereocenters. The Bertz CT molecular complexity index is 497. The molecule has 0 aromatic heterocycles. The molecule has 17 heavy (non-hydrogen) atoms. The summed E-state index contributed by atoms with van der Waals surface area (Å²) in [4.78, 5) is 17.6. The molecule has 0 heterocycles. The third-order valence-electron chi connectivity index (χ3n) is 1.85. The Kier molecular flexibility index (Phi) is 4.62. The number of benzene rings is 1. The second-order valence-corrected chi connectivity index (χ2v) is 4.68. The molecule has 0 bridgehead atoms. The van der Waals surface area contributed by atoms with Gasteiger partial charge in [-0.3, -0.25) is 4.84 Å². The van der Waals surface area contributed by atoms with Crippen LogP contribution in [-0.4, -0.2) is 28.1 Å². The monoisotopic (exact) mass is 259 g/mol. The zero-order valence-electron chi connectivity index (χ0n) is 9.47. The fourth-order valence-electron chi connectivity index (χ4n) is 1.16. The summed E-state index contributed by atoms with van der Waals surface area (Å²) in [6.07, 6.45) is 0. The molecule has 6 nitrogen and oxygen atoms in total. The predicted octanol–water partition coefficient (Wildman–Crippen LogP) is 0.703. The summed E-state index contributed by atoms with van der Waals surface area (Å²) in [6, 6.07) is 5.50. The van der Waals surface area contributed by atoms with Crippen LogP contribution in [0.1, 0.15) is 17.3 Å². The molecule has 0 fully saturated rings. The Labute approximate surface area is 99.5 Å². The molecule has 0 saturated heterocycles. The molecule has 0 atom stereocenters. The van der Waals surface area contributed by atoms with Crippen LogP contribution < -0.4 is 4.89 Å². The van der Waals surface area contributed by atoms with Gasteiger partial charge in [-0.15, -0.1) is 0 Å². The first-order valence-corrected chi connectivity index (χ1v) is 6.31. The molecule has 0 spiro atoms. The third-order valence-corrected chi connectivity index (χ3v) is 3.11. The van der Waals surface area contributed by atoms with E-state index >= 15 is 0 Å². The van der Waals surface area contributed by atoms with Gasteiger partial charge in [0.1, 0.15) is 0 Å². The Balaban J connectivity index is 3.05. The maximum atomic E-state index is 11.6. The summed E-state index contributed by atoms with van der Waals surface area (Å²) < 4.78 is 27.9. The zero-order chi connectivity index (χ0) is 12.9. The largest absolute Gasteiger partial charge is 0.462 e. The molecular formula is C10H13NO5S. The van der Waals surface area contributed by atoms with Crippen LogP contribution in [0.3, 0.4) is 0 Å². The van der Waals surface area contributed by atoms with Crippen LogP contribution in [0.5, 0.6) is 0 Å². The van der Waals surface area contributed by atoms with E-state index in [-0.39, 0.29) is 17.1 Å². The fraction of sp³-hybridized carbons (Fsp3) is 0.300. The molecule has 1 N–H and O–H groups in total. The zero-order valence-corrected chi connectivity index (χ0v) is 10.3. The van der Waals surface area contributed by atoms with Gasteiger partial charge in [-0.2, -0.15) is 0 Å². The normalized spacial score (nSPS) is 11.2. The molecule has 1 aromatic rings. The van der Waals surface area contributed by atoms with Gasteiger partial charge >= 0.3 is 5.97 Å². The highest BCUT2D eigenvalue weighted by Gasteiger charge is 2.16. The van der Waals surface area contributed by atoms with Crippen molar-refractivity contribution in [2.45, 2.75) is 11.8 Å². The van der Waals surface area contributed by atoms with E-state index in [1.54, 1.807) is 6.92 Å². The van der Waals surface area contributed by atoms with E-state index in [1.165, 1.54) is 31.4 Å². The van der Waals surface area contributed by atoms with Crippen molar-refractivity contribution in [3.8, 4) is 0 Å². The van der Waals surface area contributed by atoms with Gasteiger partial charge in [0.25, 0.3) is 10.0 Å². The van der Waals surface area contributed by atoms with E-state index in [4.69, 9.17) is 4.74 Å². The van der Waals surface area contributed by atoms with E-state index in [9.17, 15) is 13.2 Å². The second kappa shape index (κ2) is 5.76. The number of esters is 1. The molecule has 1 aromatic carbocycles. The summed E-state index contributed by atoms with van der Waals surface area (Å²) >= 11 is 0. The molecule has 0 aliphatic heterocycles. The quantitative estimate of drug-likeness (QED) is 0.622. The van der Waals surface area contributed by atoms with Crippen molar-refractivity contribution >= 4 is 16.0 Å².